The minimum absolute atomic E-state index is 0.137. The fourth-order valence-electron chi connectivity index (χ4n) is 3.41. The second-order valence-electron chi connectivity index (χ2n) is 6.16. The number of hydrogen-bond acceptors (Lipinski definition) is 9. The molecule has 0 radical (unpaired) electrons. The molecule has 0 aliphatic carbocycles. The van der Waals surface area contributed by atoms with Gasteiger partial charge in [0.15, 0.2) is 17.1 Å². The van der Waals surface area contributed by atoms with Gasteiger partial charge in [0.2, 0.25) is 5.85 Å². The molecule has 1 aliphatic heterocycles. The summed E-state index contributed by atoms with van der Waals surface area (Å²) in [6.07, 6.45) is -0.0930. The lowest BCUT2D eigenvalue weighted by Crippen LogP contribution is -2.60. The molecule has 0 spiro atoms. The van der Waals surface area contributed by atoms with E-state index in [2.05, 4.69) is 15.0 Å². The predicted molar refractivity (Wildman–Crippen MR) is 90.2 cm³/mol. The molecule has 1 aliphatic rings. The van der Waals surface area contributed by atoms with Crippen molar-refractivity contribution in [3.63, 3.8) is 0 Å². The van der Waals surface area contributed by atoms with Crippen molar-refractivity contribution in [1.82, 2.24) is 19.5 Å². The molecule has 10 nitrogen and oxygen atoms in total. The van der Waals surface area contributed by atoms with Crippen molar-refractivity contribution in [3.05, 3.63) is 48.5 Å². The van der Waals surface area contributed by atoms with Gasteiger partial charge in [-0.2, -0.15) is 0 Å². The van der Waals surface area contributed by atoms with Gasteiger partial charge in [0.05, 0.1) is 6.61 Å². The van der Waals surface area contributed by atoms with Gasteiger partial charge in [-0.25, -0.2) is 15.0 Å². The smallest absolute Gasteiger partial charge is 0.239 e. The first-order chi connectivity index (χ1) is 12.4. The van der Waals surface area contributed by atoms with E-state index in [1.807, 2.05) is 0 Å². The number of aromatic nitrogens is 4. The summed E-state index contributed by atoms with van der Waals surface area (Å²) in [6.45, 7) is -0.543. The van der Waals surface area contributed by atoms with Gasteiger partial charge in [-0.1, -0.05) is 30.3 Å². The lowest BCUT2D eigenvalue weighted by molar-refractivity contribution is -0.197. The summed E-state index contributed by atoms with van der Waals surface area (Å²) < 4.78 is 7.01. The zero-order chi connectivity index (χ0) is 18.5. The fraction of sp³-hybridized carbons (Fsp3) is 0.312. The van der Waals surface area contributed by atoms with Crippen LogP contribution in [-0.2, 0) is 16.2 Å². The predicted octanol–water partition coefficient (Wildman–Crippen LogP) is -1.38. The van der Waals surface area contributed by atoms with Crippen LogP contribution in [0.1, 0.15) is 5.56 Å². The number of fused-ring (bicyclic) bond motifs is 1. The van der Waals surface area contributed by atoms with Crippen LogP contribution in [0, 0.1) is 0 Å². The molecule has 0 bridgehead atoms. The van der Waals surface area contributed by atoms with Gasteiger partial charge >= 0.3 is 0 Å². The number of imidazole rings is 1. The first kappa shape index (κ1) is 16.8. The molecule has 3 heterocycles. The van der Waals surface area contributed by atoms with Crippen molar-refractivity contribution in [3.8, 4) is 0 Å². The summed E-state index contributed by atoms with van der Waals surface area (Å²) in [4.78, 5) is 12.1. The molecule has 3 aromatic rings. The number of nitrogens with zero attached hydrogens (tertiary/aromatic N) is 4. The van der Waals surface area contributed by atoms with Crippen LogP contribution in [0.15, 0.2) is 43.0 Å². The average molecular weight is 358 g/mol. The molecule has 1 saturated heterocycles. The summed E-state index contributed by atoms with van der Waals surface area (Å²) >= 11 is 0. The Balaban J connectivity index is 1.98. The molecule has 0 unspecified atom stereocenters. The third-order valence-electron chi connectivity index (χ3n) is 4.77. The van der Waals surface area contributed by atoms with Gasteiger partial charge in [-0.3, -0.25) is 10.3 Å². The van der Waals surface area contributed by atoms with Crippen molar-refractivity contribution in [2.75, 3.05) is 12.3 Å². The van der Waals surface area contributed by atoms with E-state index < -0.39 is 30.3 Å². The number of nitrogens with two attached hydrogens (primary N) is 2. The van der Waals surface area contributed by atoms with Gasteiger partial charge in [-0.15, -0.1) is 0 Å². The summed E-state index contributed by atoms with van der Waals surface area (Å²) in [6, 6.07) is 8.36. The zero-order valence-electron chi connectivity index (χ0n) is 13.6. The topological polar surface area (TPSA) is 166 Å². The Bertz CT molecular complexity index is 950. The Morgan fingerprint density at radius 1 is 1.19 bits per heavy atom. The lowest BCUT2D eigenvalue weighted by atomic mass is 9.83. The number of aliphatic hydroxyl groups excluding tert-OH is 2. The molecular weight excluding hydrogens is 340 g/mol. The second-order valence-corrected chi connectivity index (χ2v) is 6.16. The fourth-order valence-corrected chi connectivity index (χ4v) is 3.41. The number of anilines is 1. The first-order valence-corrected chi connectivity index (χ1v) is 7.91. The van der Waals surface area contributed by atoms with E-state index in [9.17, 15) is 15.3 Å². The van der Waals surface area contributed by atoms with Gasteiger partial charge < -0.3 is 25.8 Å². The van der Waals surface area contributed by atoms with E-state index in [0.717, 1.165) is 0 Å². The molecule has 7 N–H and O–H groups in total. The summed E-state index contributed by atoms with van der Waals surface area (Å²) in [5, 5.41) is 31.8. The Morgan fingerprint density at radius 2 is 1.92 bits per heavy atom. The first-order valence-electron chi connectivity index (χ1n) is 7.91. The van der Waals surface area contributed by atoms with Crippen molar-refractivity contribution >= 4 is 17.0 Å². The maximum Gasteiger partial charge on any atom is 0.239 e. The van der Waals surface area contributed by atoms with Crippen LogP contribution < -0.4 is 11.5 Å². The number of aliphatic hydroxyl groups is 3. The largest absolute Gasteiger partial charge is 0.394 e. The number of hydrogen-bond donors (Lipinski definition) is 5. The third kappa shape index (κ3) is 2.01. The van der Waals surface area contributed by atoms with Crippen LogP contribution in [0.2, 0.25) is 0 Å². The number of nitrogen functional groups attached to an aromatic ring is 1. The highest BCUT2D eigenvalue weighted by molar-refractivity contribution is 5.81. The lowest BCUT2D eigenvalue weighted by Gasteiger charge is -2.39. The minimum atomic E-state index is -2.09. The van der Waals surface area contributed by atoms with Crippen LogP contribution in [0.3, 0.4) is 0 Å². The highest BCUT2D eigenvalue weighted by atomic mass is 16.6. The maximum atomic E-state index is 11.5. The van der Waals surface area contributed by atoms with Gasteiger partial charge in [0.25, 0.3) is 0 Å². The third-order valence-corrected chi connectivity index (χ3v) is 4.77. The number of benzene rings is 1. The molecular formula is C16H18N6O4. The number of ether oxygens (including phenoxy) is 1. The molecule has 1 aromatic carbocycles. The Hall–Kier alpha value is -2.63. The Morgan fingerprint density at radius 3 is 2.62 bits per heavy atom. The monoisotopic (exact) mass is 358 g/mol. The SMILES string of the molecule is Nc1ncnc2c1ncn2[C@]1(N)O[C@H](CO)[C@@H](O)[C@]1(O)c1ccccc1. The highest BCUT2D eigenvalue weighted by Gasteiger charge is 2.66. The van der Waals surface area contributed by atoms with Crippen LogP contribution in [0.5, 0.6) is 0 Å². The van der Waals surface area contributed by atoms with Crippen LogP contribution in [-0.4, -0.2) is 53.7 Å². The van der Waals surface area contributed by atoms with Gasteiger partial charge in [-0.05, 0) is 5.56 Å². The molecule has 0 amide bonds. The van der Waals surface area contributed by atoms with Crippen molar-refractivity contribution in [2.24, 2.45) is 5.73 Å². The minimum Gasteiger partial charge on any atom is -0.394 e. The van der Waals surface area contributed by atoms with Crippen molar-refractivity contribution in [1.29, 1.82) is 0 Å². The molecule has 26 heavy (non-hydrogen) atoms. The van der Waals surface area contributed by atoms with Crippen LogP contribution in [0.25, 0.3) is 11.2 Å². The summed E-state index contributed by atoms with van der Waals surface area (Å²) in [5.41, 5.74) is 11.0. The summed E-state index contributed by atoms with van der Waals surface area (Å²) in [7, 11) is 0. The number of rotatable bonds is 3. The normalized spacial score (nSPS) is 31.5. The Labute approximate surface area is 147 Å². The second kappa shape index (κ2) is 5.69. The molecule has 2 aromatic heterocycles. The van der Waals surface area contributed by atoms with E-state index in [1.165, 1.54) is 17.2 Å². The zero-order valence-corrected chi connectivity index (χ0v) is 13.6. The van der Waals surface area contributed by atoms with E-state index in [4.69, 9.17) is 16.2 Å². The van der Waals surface area contributed by atoms with Crippen molar-refractivity contribution < 1.29 is 20.1 Å². The van der Waals surface area contributed by atoms with Crippen LogP contribution >= 0.6 is 0 Å². The van der Waals surface area contributed by atoms with E-state index in [1.54, 1.807) is 30.3 Å². The van der Waals surface area contributed by atoms with E-state index in [-0.39, 0.29) is 17.0 Å². The molecule has 10 heteroatoms. The Kier molecular flexibility index (Phi) is 3.68. The molecule has 4 rings (SSSR count). The molecule has 0 saturated carbocycles. The standard InChI is InChI=1S/C16H18N6O4/c17-13-11-14(20-7-19-13)22(8-21-11)16(18)15(25,9-4-2-1-3-5-9)12(24)10(6-23)26-16/h1-5,7-8,10,12,23-25H,6,18H2,(H2,17,19,20)/t10-,12-,15-,16+/m1/s1. The quantitative estimate of drug-likeness (QED) is 0.379. The average Bonchev–Trinajstić information content (AvgIpc) is 3.18. The molecule has 1 fully saturated rings. The molecule has 136 valence electrons. The van der Waals surface area contributed by atoms with Crippen molar-refractivity contribution in [2.45, 2.75) is 23.7 Å². The van der Waals surface area contributed by atoms with Gasteiger partial charge in [0, 0.05) is 0 Å². The summed E-state index contributed by atoms with van der Waals surface area (Å²) in [5.74, 6) is -1.87. The van der Waals surface area contributed by atoms with E-state index in [0.29, 0.717) is 5.56 Å². The molecule has 4 atom stereocenters. The van der Waals surface area contributed by atoms with Gasteiger partial charge in [0.1, 0.15) is 30.4 Å². The highest BCUT2D eigenvalue weighted by Crippen LogP contribution is 2.47. The maximum absolute atomic E-state index is 11.5. The van der Waals surface area contributed by atoms with Crippen LogP contribution in [0.4, 0.5) is 5.82 Å². The van der Waals surface area contributed by atoms with E-state index >= 15 is 0 Å².